The Hall–Kier alpha value is -1.39. The van der Waals surface area contributed by atoms with Crippen LogP contribution in [0.15, 0.2) is 30.3 Å². The quantitative estimate of drug-likeness (QED) is 0.769. The normalized spacial score (nSPS) is 25.6. The van der Waals surface area contributed by atoms with Crippen molar-refractivity contribution in [2.45, 2.75) is 45.4 Å². The highest BCUT2D eigenvalue weighted by Gasteiger charge is 2.31. The fourth-order valence-corrected chi connectivity index (χ4v) is 1.80. The van der Waals surface area contributed by atoms with Crippen molar-refractivity contribution in [1.29, 1.82) is 0 Å². The van der Waals surface area contributed by atoms with Crippen molar-refractivity contribution < 1.29 is 19.0 Å². The van der Waals surface area contributed by atoms with Crippen LogP contribution in [0.25, 0.3) is 0 Å². The summed E-state index contributed by atoms with van der Waals surface area (Å²) >= 11 is 0. The number of cyclic esters (lactones) is 1. The SMILES string of the molecule is CC1CC(=O)OC(C(C)OCc2ccccc2)O1. The third-order valence-corrected chi connectivity index (χ3v) is 2.81. The molecule has 3 unspecified atom stereocenters. The van der Waals surface area contributed by atoms with Crippen LogP contribution in [0.5, 0.6) is 0 Å². The molecule has 0 saturated carbocycles. The lowest BCUT2D eigenvalue weighted by Gasteiger charge is -2.31. The van der Waals surface area contributed by atoms with Crippen LogP contribution in [0.4, 0.5) is 0 Å². The molecule has 0 bridgehead atoms. The molecule has 0 aliphatic carbocycles. The molecular weight excluding hydrogens is 232 g/mol. The lowest BCUT2D eigenvalue weighted by molar-refractivity contribution is -0.243. The Morgan fingerprint density at radius 1 is 1.39 bits per heavy atom. The van der Waals surface area contributed by atoms with E-state index in [2.05, 4.69) is 0 Å². The van der Waals surface area contributed by atoms with Gasteiger partial charge in [0.05, 0.1) is 19.1 Å². The van der Waals surface area contributed by atoms with Crippen molar-refractivity contribution in [2.24, 2.45) is 0 Å². The molecule has 0 radical (unpaired) electrons. The Labute approximate surface area is 107 Å². The topological polar surface area (TPSA) is 44.8 Å². The molecule has 4 heteroatoms. The summed E-state index contributed by atoms with van der Waals surface area (Å²) in [4.78, 5) is 11.3. The summed E-state index contributed by atoms with van der Waals surface area (Å²) in [5.41, 5.74) is 1.08. The van der Waals surface area contributed by atoms with Gasteiger partial charge in [-0.1, -0.05) is 30.3 Å². The molecule has 2 rings (SSSR count). The maximum atomic E-state index is 11.3. The van der Waals surface area contributed by atoms with Crippen molar-refractivity contribution in [3.05, 3.63) is 35.9 Å². The van der Waals surface area contributed by atoms with Crippen LogP contribution in [-0.4, -0.2) is 24.5 Å². The number of hydrogen-bond acceptors (Lipinski definition) is 4. The van der Waals surface area contributed by atoms with E-state index in [0.717, 1.165) is 5.56 Å². The average molecular weight is 250 g/mol. The predicted octanol–water partition coefficient (Wildman–Crippen LogP) is 2.27. The van der Waals surface area contributed by atoms with E-state index in [1.54, 1.807) is 0 Å². The van der Waals surface area contributed by atoms with Gasteiger partial charge in [0.1, 0.15) is 6.10 Å². The van der Waals surface area contributed by atoms with E-state index in [-0.39, 0.29) is 18.2 Å². The van der Waals surface area contributed by atoms with Gasteiger partial charge in [-0.05, 0) is 19.4 Å². The third kappa shape index (κ3) is 3.55. The molecule has 3 atom stereocenters. The second-order valence-electron chi connectivity index (χ2n) is 4.51. The number of benzene rings is 1. The molecule has 0 spiro atoms. The molecule has 18 heavy (non-hydrogen) atoms. The number of hydrogen-bond donors (Lipinski definition) is 0. The Morgan fingerprint density at radius 2 is 2.11 bits per heavy atom. The van der Waals surface area contributed by atoms with E-state index in [1.807, 2.05) is 44.2 Å². The summed E-state index contributed by atoms with van der Waals surface area (Å²) in [6.45, 7) is 4.18. The third-order valence-electron chi connectivity index (χ3n) is 2.81. The number of carbonyl (C=O) groups is 1. The molecule has 1 aromatic rings. The molecule has 1 aromatic carbocycles. The van der Waals surface area contributed by atoms with E-state index in [9.17, 15) is 4.79 Å². The van der Waals surface area contributed by atoms with E-state index >= 15 is 0 Å². The minimum Gasteiger partial charge on any atom is -0.433 e. The van der Waals surface area contributed by atoms with E-state index < -0.39 is 6.29 Å². The maximum absolute atomic E-state index is 11.3. The summed E-state index contributed by atoms with van der Waals surface area (Å²) in [6.07, 6.45) is -0.692. The summed E-state index contributed by atoms with van der Waals surface area (Å²) in [6, 6.07) is 9.86. The number of rotatable bonds is 4. The van der Waals surface area contributed by atoms with Gasteiger partial charge in [0.15, 0.2) is 0 Å². The van der Waals surface area contributed by atoms with Crippen molar-refractivity contribution in [2.75, 3.05) is 0 Å². The number of ether oxygens (including phenoxy) is 3. The zero-order chi connectivity index (χ0) is 13.0. The lowest BCUT2D eigenvalue weighted by Crippen LogP contribution is -2.41. The minimum absolute atomic E-state index is 0.112. The van der Waals surface area contributed by atoms with Crippen LogP contribution in [0.2, 0.25) is 0 Å². The minimum atomic E-state index is -0.607. The standard InChI is InChI=1S/C14H18O4/c1-10-8-13(15)18-14(17-10)11(2)16-9-12-6-4-3-5-7-12/h3-7,10-11,14H,8-9H2,1-2H3. The lowest BCUT2D eigenvalue weighted by atomic mass is 10.2. The monoisotopic (exact) mass is 250 g/mol. The molecule has 1 aliphatic heterocycles. The maximum Gasteiger partial charge on any atom is 0.310 e. The molecular formula is C14H18O4. The van der Waals surface area contributed by atoms with Gasteiger partial charge < -0.3 is 14.2 Å². The molecule has 98 valence electrons. The second kappa shape index (κ2) is 5.98. The predicted molar refractivity (Wildman–Crippen MR) is 65.7 cm³/mol. The second-order valence-corrected chi connectivity index (χ2v) is 4.51. The zero-order valence-corrected chi connectivity index (χ0v) is 10.7. The zero-order valence-electron chi connectivity index (χ0n) is 10.7. The van der Waals surface area contributed by atoms with Gasteiger partial charge in [0, 0.05) is 0 Å². The smallest absolute Gasteiger partial charge is 0.310 e. The number of carbonyl (C=O) groups excluding carboxylic acids is 1. The van der Waals surface area contributed by atoms with Crippen molar-refractivity contribution >= 4 is 5.97 Å². The van der Waals surface area contributed by atoms with E-state index in [0.29, 0.717) is 13.0 Å². The Morgan fingerprint density at radius 3 is 2.78 bits per heavy atom. The summed E-state index contributed by atoms with van der Waals surface area (Å²) < 4.78 is 16.3. The van der Waals surface area contributed by atoms with Gasteiger partial charge in [0.25, 0.3) is 0 Å². The summed E-state index contributed by atoms with van der Waals surface area (Å²) in [5.74, 6) is -0.228. The summed E-state index contributed by atoms with van der Waals surface area (Å²) in [7, 11) is 0. The molecule has 4 nitrogen and oxygen atoms in total. The molecule has 1 aliphatic rings. The molecule has 0 amide bonds. The van der Waals surface area contributed by atoms with Crippen LogP contribution >= 0.6 is 0 Å². The fraction of sp³-hybridized carbons (Fsp3) is 0.500. The van der Waals surface area contributed by atoms with Crippen molar-refractivity contribution in [1.82, 2.24) is 0 Å². The average Bonchev–Trinajstić information content (AvgIpc) is 2.36. The van der Waals surface area contributed by atoms with Gasteiger partial charge in [-0.2, -0.15) is 0 Å². The fourth-order valence-electron chi connectivity index (χ4n) is 1.80. The van der Waals surface area contributed by atoms with Crippen LogP contribution < -0.4 is 0 Å². The van der Waals surface area contributed by atoms with E-state index in [4.69, 9.17) is 14.2 Å². The molecule has 1 saturated heterocycles. The van der Waals surface area contributed by atoms with Gasteiger partial charge in [-0.3, -0.25) is 4.79 Å². The van der Waals surface area contributed by atoms with Gasteiger partial charge in [0.2, 0.25) is 6.29 Å². The van der Waals surface area contributed by atoms with Crippen molar-refractivity contribution in [3.8, 4) is 0 Å². The largest absolute Gasteiger partial charge is 0.433 e. The summed E-state index contributed by atoms with van der Waals surface area (Å²) in [5, 5.41) is 0. The molecule has 0 aromatic heterocycles. The van der Waals surface area contributed by atoms with Crippen molar-refractivity contribution in [3.63, 3.8) is 0 Å². The van der Waals surface area contributed by atoms with Crippen LogP contribution in [0.1, 0.15) is 25.8 Å². The highest BCUT2D eigenvalue weighted by Crippen LogP contribution is 2.18. The highest BCUT2D eigenvalue weighted by atomic mass is 16.7. The first kappa shape index (κ1) is 13.1. The first-order valence-corrected chi connectivity index (χ1v) is 6.15. The van der Waals surface area contributed by atoms with Gasteiger partial charge in [-0.15, -0.1) is 0 Å². The highest BCUT2D eigenvalue weighted by molar-refractivity contribution is 5.70. The van der Waals surface area contributed by atoms with E-state index in [1.165, 1.54) is 0 Å². The van der Waals surface area contributed by atoms with Crippen LogP contribution in [0, 0.1) is 0 Å². The van der Waals surface area contributed by atoms with Gasteiger partial charge in [-0.25, -0.2) is 0 Å². The first-order valence-electron chi connectivity index (χ1n) is 6.15. The van der Waals surface area contributed by atoms with Gasteiger partial charge >= 0.3 is 5.97 Å². The Bertz CT molecular complexity index is 390. The first-order chi connectivity index (χ1) is 8.65. The number of esters is 1. The molecule has 0 N–H and O–H groups in total. The molecule has 1 fully saturated rings. The Kier molecular flexibility index (Phi) is 4.33. The Balaban J connectivity index is 1.84. The van der Waals surface area contributed by atoms with Crippen LogP contribution in [-0.2, 0) is 25.6 Å². The van der Waals surface area contributed by atoms with Crippen LogP contribution in [0.3, 0.4) is 0 Å². The molecule has 1 heterocycles.